The van der Waals surface area contributed by atoms with Crippen molar-refractivity contribution in [2.24, 2.45) is 0 Å². The third kappa shape index (κ3) is 5.28. The highest BCUT2D eigenvalue weighted by Gasteiger charge is 2.21. The van der Waals surface area contributed by atoms with Gasteiger partial charge in [0.1, 0.15) is 0 Å². The smallest absolute Gasteiger partial charge is 0.254 e. The lowest BCUT2D eigenvalue weighted by Crippen LogP contribution is -2.36. The van der Waals surface area contributed by atoms with Gasteiger partial charge in [-0.15, -0.1) is 0 Å². The predicted molar refractivity (Wildman–Crippen MR) is 87.0 cm³/mol. The Hall–Kier alpha value is -1.48. The monoisotopic (exact) mass is 344 g/mol. The van der Waals surface area contributed by atoms with Crippen molar-refractivity contribution in [1.29, 1.82) is 0 Å². The number of hydrogen-bond donors (Lipinski definition) is 0. The van der Waals surface area contributed by atoms with Crippen molar-refractivity contribution in [3.63, 3.8) is 0 Å². The van der Waals surface area contributed by atoms with Gasteiger partial charge in [-0.05, 0) is 18.2 Å². The Bertz CT molecular complexity index is 608. The Morgan fingerprint density at radius 1 is 1.09 bits per heavy atom. The molecule has 0 saturated heterocycles. The number of sulfonamides is 1. The molecule has 0 spiro atoms. The molecule has 0 saturated carbocycles. The Kier molecular flexibility index (Phi) is 7.63. The summed E-state index contributed by atoms with van der Waals surface area (Å²) in [5.41, 5.74) is 0.320. The molecule has 130 valence electrons. The fraction of sp³-hybridized carbons (Fsp3) is 0.533. The van der Waals surface area contributed by atoms with E-state index in [0.29, 0.717) is 31.9 Å². The number of benzene rings is 1. The number of carbonyl (C=O) groups excluding carboxylic acids is 1. The molecule has 7 nitrogen and oxygen atoms in total. The van der Waals surface area contributed by atoms with Crippen LogP contribution in [0.4, 0.5) is 0 Å². The molecule has 0 N–H and O–H groups in total. The zero-order valence-electron chi connectivity index (χ0n) is 14.0. The van der Waals surface area contributed by atoms with Gasteiger partial charge in [-0.25, -0.2) is 12.7 Å². The summed E-state index contributed by atoms with van der Waals surface area (Å²) in [4.78, 5) is 14.3. The molecule has 1 aromatic carbocycles. The molecule has 1 rings (SSSR count). The molecule has 0 fully saturated rings. The van der Waals surface area contributed by atoms with E-state index in [1.807, 2.05) is 0 Å². The number of nitrogens with zero attached hydrogens (tertiary/aromatic N) is 2. The molecule has 0 bridgehead atoms. The van der Waals surface area contributed by atoms with Crippen LogP contribution in [0.3, 0.4) is 0 Å². The van der Waals surface area contributed by atoms with Gasteiger partial charge in [0.15, 0.2) is 0 Å². The van der Waals surface area contributed by atoms with Crippen LogP contribution in [0.5, 0.6) is 0 Å². The largest absolute Gasteiger partial charge is 0.383 e. The average Bonchev–Trinajstić information content (AvgIpc) is 2.54. The van der Waals surface area contributed by atoms with Crippen LogP contribution >= 0.6 is 0 Å². The first-order valence-corrected chi connectivity index (χ1v) is 8.58. The quantitative estimate of drug-likeness (QED) is 0.658. The highest BCUT2D eigenvalue weighted by molar-refractivity contribution is 7.89. The molecule has 0 unspecified atom stereocenters. The van der Waals surface area contributed by atoms with E-state index in [1.54, 1.807) is 31.3 Å². The lowest BCUT2D eigenvalue weighted by atomic mass is 10.2. The van der Waals surface area contributed by atoms with Gasteiger partial charge < -0.3 is 14.4 Å². The van der Waals surface area contributed by atoms with E-state index in [9.17, 15) is 13.2 Å². The number of rotatable bonds is 9. The molecule has 0 aliphatic rings. The highest BCUT2D eigenvalue weighted by atomic mass is 32.2. The molecule has 0 heterocycles. The van der Waals surface area contributed by atoms with E-state index in [-0.39, 0.29) is 10.8 Å². The molecule has 23 heavy (non-hydrogen) atoms. The van der Waals surface area contributed by atoms with Crippen molar-refractivity contribution < 1.29 is 22.7 Å². The molecule has 1 amide bonds. The maximum atomic E-state index is 12.6. The maximum Gasteiger partial charge on any atom is 0.254 e. The second kappa shape index (κ2) is 8.97. The first-order valence-electron chi connectivity index (χ1n) is 7.14. The number of amides is 1. The van der Waals surface area contributed by atoms with Crippen molar-refractivity contribution in [3.8, 4) is 0 Å². The van der Waals surface area contributed by atoms with Crippen LogP contribution in [0.15, 0.2) is 29.2 Å². The summed E-state index contributed by atoms with van der Waals surface area (Å²) in [6, 6.07) is 6.03. The van der Waals surface area contributed by atoms with Crippen LogP contribution in [-0.2, 0) is 19.5 Å². The standard InChI is InChI=1S/C15H24N2O5S/c1-16(2)23(19,20)14-7-5-6-13(12-14)15(18)17(8-10-21-3)9-11-22-4/h5-7,12H,8-11H2,1-4H3. The molecule has 0 radical (unpaired) electrons. The first-order chi connectivity index (χ1) is 10.8. The van der Waals surface area contributed by atoms with Crippen molar-refractivity contribution >= 4 is 15.9 Å². The van der Waals surface area contributed by atoms with Crippen molar-refractivity contribution in [1.82, 2.24) is 9.21 Å². The van der Waals surface area contributed by atoms with Gasteiger partial charge in [0.05, 0.1) is 18.1 Å². The summed E-state index contributed by atoms with van der Waals surface area (Å²) in [7, 11) is 2.44. The van der Waals surface area contributed by atoms with Gasteiger partial charge in [0, 0.05) is 47.0 Å². The third-order valence-corrected chi connectivity index (χ3v) is 5.09. The summed E-state index contributed by atoms with van der Waals surface area (Å²) >= 11 is 0. The Balaban J connectivity index is 3.05. The van der Waals surface area contributed by atoms with Crippen molar-refractivity contribution in [2.75, 3.05) is 54.6 Å². The number of hydrogen-bond acceptors (Lipinski definition) is 5. The van der Waals surface area contributed by atoms with Gasteiger partial charge in [-0.3, -0.25) is 4.79 Å². The van der Waals surface area contributed by atoms with E-state index in [0.717, 1.165) is 4.31 Å². The summed E-state index contributed by atoms with van der Waals surface area (Å²) in [6.07, 6.45) is 0. The van der Waals surface area contributed by atoms with E-state index in [4.69, 9.17) is 9.47 Å². The molecule has 8 heteroatoms. The van der Waals surface area contributed by atoms with Crippen LogP contribution in [0, 0.1) is 0 Å². The minimum atomic E-state index is -3.58. The van der Waals surface area contributed by atoms with E-state index in [2.05, 4.69) is 0 Å². The second-order valence-electron chi connectivity index (χ2n) is 5.09. The molecule has 0 atom stereocenters. The van der Waals surface area contributed by atoms with Crippen molar-refractivity contribution in [2.45, 2.75) is 4.90 Å². The van der Waals surface area contributed by atoms with Gasteiger partial charge in [0.25, 0.3) is 5.91 Å². The average molecular weight is 344 g/mol. The number of carbonyl (C=O) groups is 1. The Labute approximate surface area is 137 Å². The van der Waals surface area contributed by atoms with Crippen LogP contribution < -0.4 is 0 Å². The fourth-order valence-electron chi connectivity index (χ4n) is 1.90. The summed E-state index contributed by atoms with van der Waals surface area (Å²) in [5.74, 6) is -0.255. The lowest BCUT2D eigenvalue weighted by molar-refractivity contribution is 0.0627. The van der Waals surface area contributed by atoms with Crippen molar-refractivity contribution in [3.05, 3.63) is 29.8 Å². The zero-order chi connectivity index (χ0) is 17.5. The molecule has 0 aliphatic carbocycles. The Morgan fingerprint density at radius 3 is 2.13 bits per heavy atom. The third-order valence-electron chi connectivity index (χ3n) is 3.28. The topological polar surface area (TPSA) is 76.1 Å². The first kappa shape index (κ1) is 19.6. The summed E-state index contributed by atoms with van der Waals surface area (Å²) in [6.45, 7) is 1.60. The SMILES string of the molecule is COCCN(CCOC)C(=O)c1cccc(S(=O)(=O)N(C)C)c1. The molecule has 1 aromatic rings. The van der Waals surface area contributed by atoms with E-state index in [1.165, 1.54) is 26.2 Å². The summed E-state index contributed by atoms with van der Waals surface area (Å²) in [5, 5.41) is 0. The summed E-state index contributed by atoms with van der Waals surface area (Å²) < 4.78 is 35.5. The minimum Gasteiger partial charge on any atom is -0.383 e. The normalized spacial score (nSPS) is 11.7. The minimum absolute atomic E-state index is 0.0896. The van der Waals surface area contributed by atoms with Crippen LogP contribution in [0.25, 0.3) is 0 Å². The number of methoxy groups -OCH3 is 2. The van der Waals surface area contributed by atoms with Gasteiger partial charge >= 0.3 is 0 Å². The zero-order valence-corrected chi connectivity index (χ0v) is 14.8. The predicted octanol–water partition coefficient (Wildman–Crippen LogP) is 0.672. The molecular weight excluding hydrogens is 320 g/mol. The fourth-order valence-corrected chi connectivity index (χ4v) is 2.85. The van der Waals surface area contributed by atoms with Gasteiger partial charge in [0.2, 0.25) is 10.0 Å². The number of ether oxygens (including phenoxy) is 2. The van der Waals surface area contributed by atoms with Crippen LogP contribution in [0.1, 0.15) is 10.4 Å². The highest BCUT2D eigenvalue weighted by Crippen LogP contribution is 2.16. The molecular formula is C15H24N2O5S. The second-order valence-corrected chi connectivity index (χ2v) is 7.24. The van der Waals surface area contributed by atoms with Crippen LogP contribution in [0.2, 0.25) is 0 Å². The van der Waals surface area contributed by atoms with Gasteiger partial charge in [-0.2, -0.15) is 0 Å². The maximum absolute atomic E-state index is 12.6. The molecule has 0 aliphatic heterocycles. The van der Waals surface area contributed by atoms with Gasteiger partial charge in [-0.1, -0.05) is 6.07 Å². The van der Waals surface area contributed by atoms with E-state index >= 15 is 0 Å². The molecule has 0 aromatic heterocycles. The lowest BCUT2D eigenvalue weighted by Gasteiger charge is -2.22. The van der Waals surface area contributed by atoms with E-state index < -0.39 is 10.0 Å². The van der Waals surface area contributed by atoms with Crippen LogP contribution in [-0.4, -0.2) is 78.1 Å². The Morgan fingerprint density at radius 2 is 1.65 bits per heavy atom.